The van der Waals surface area contributed by atoms with Crippen LogP contribution in [-0.4, -0.2) is 25.2 Å². The molecule has 0 atom stereocenters. The van der Waals surface area contributed by atoms with Crippen LogP contribution in [0.5, 0.6) is 5.75 Å². The van der Waals surface area contributed by atoms with Gasteiger partial charge in [-0.3, -0.25) is 0 Å². The zero-order chi connectivity index (χ0) is 16.9. The van der Waals surface area contributed by atoms with Crippen LogP contribution < -0.4 is 9.64 Å². The number of benzene rings is 2. The molecule has 0 bridgehead atoms. The molecule has 6 heteroatoms. The summed E-state index contributed by atoms with van der Waals surface area (Å²) in [7, 11) is 1.66. The van der Waals surface area contributed by atoms with Crippen molar-refractivity contribution in [2.24, 2.45) is 10.2 Å². The van der Waals surface area contributed by atoms with E-state index in [0.29, 0.717) is 5.13 Å². The predicted molar refractivity (Wildman–Crippen MR) is 100 cm³/mol. The van der Waals surface area contributed by atoms with Crippen LogP contribution in [0.2, 0.25) is 0 Å². The topological polar surface area (TPSA) is 50.1 Å². The number of anilines is 1. The first-order chi connectivity index (χ1) is 11.7. The molecule has 3 rings (SSSR count). The van der Waals surface area contributed by atoms with E-state index in [1.54, 1.807) is 7.11 Å². The third-order valence-corrected chi connectivity index (χ3v) is 4.72. The van der Waals surface area contributed by atoms with E-state index in [0.717, 1.165) is 34.7 Å². The number of fused-ring (bicyclic) bond motifs is 1. The van der Waals surface area contributed by atoms with E-state index in [9.17, 15) is 0 Å². The van der Waals surface area contributed by atoms with Crippen molar-refractivity contribution in [1.82, 2.24) is 4.98 Å². The largest absolute Gasteiger partial charge is 0.497 e. The van der Waals surface area contributed by atoms with E-state index >= 15 is 0 Å². The molecule has 24 heavy (non-hydrogen) atoms. The smallest absolute Gasteiger partial charge is 0.231 e. The fraction of sp³-hybridized carbons (Fsp3) is 0.278. The molecule has 0 aliphatic rings. The molecule has 0 fully saturated rings. The van der Waals surface area contributed by atoms with Crippen molar-refractivity contribution in [3.63, 3.8) is 0 Å². The van der Waals surface area contributed by atoms with Gasteiger partial charge in [-0.15, -0.1) is 10.2 Å². The van der Waals surface area contributed by atoms with Crippen molar-refractivity contribution in [2.75, 3.05) is 25.1 Å². The highest BCUT2D eigenvalue weighted by Gasteiger charge is 2.05. The Hall–Kier alpha value is -2.47. The summed E-state index contributed by atoms with van der Waals surface area (Å²) in [6, 6.07) is 13.9. The van der Waals surface area contributed by atoms with Gasteiger partial charge in [-0.25, -0.2) is 4.98 Å². The molecule has 0 aliphatic carbocycles. The van der Waals surface area contributed by atoms with Crippen molar-refractivity contribution < 1.29 is 4.74 Å². The van der Waals surface area contributed by atoms with Crippen LogP contribution in [0, 0.1) is 0 Å². The zero-order valence-electron chi connectivity index (χ0n) is 14.1. The number of thiazole rings is 1. The lowest BCUT2D eigenvalue weighted by Crippen LogP contribution is -2.21. The second-order valence-electron chi connectivity index (χ2n) is 5.22. The summed E-state index contributed by atoms with van der Waals surface area (Å²) >= 11 is 1.50. The average molecular weight is 340 g/mol. The lowest BCUT2D eigenvalue weighted by atomic mass is 10.2. The Labute approximate surface area is 145 Å². The molecular formula is C18H20N4OS. The monoisotopic (exact) mass is 340 g/mol. The number of nitrogens with zero attached hydrogens (tertiary/aromatic N) is 4. The Morgan fingerprint density at radius 3 is 2.46 bits per heavy atom. The standard InChI is InChI=1S/C18H20N4OS/c1-4-22(5-2)14-8-6-13(7-9-14)20-21-18-19-16-11-10-15(23-3)12-17(16)24-18/h6-12H,4-5H2,1-3H3. The first-order valence-corrected chi connectivity index (χ1v) is 8.76. The first-order valence-electron chi connectivity index (χ1n) is 7.94. The lowest BCUT2D eigenvalue weighted by Gasteiger charge is -2.20. The predicted octanol–water partition coefficient (Wildman–Crippen LogP) is 5.57. The Kier molecular flexibility index (Phi) is 5.05. The molecule has 5 nitrogen and oxygen atoms in total. The summed E-state index contributed by atoms with van der Waals surface area (Å²) < 4.78 is 6.27. The minimum atomic E-state index is 0.645. The molecule has 1 aromatic heterocycles. The molecule has 3 aromatic rings. The van der Waals surface area contributed by atoms with Crippen LogP contribution in [-0.2, 0) is 0 Å². The lowest BCUT2D eigenvalue weighted by molar-refractivity contribution is 0.415. The number of aromatic nitrogens is 1. The van der Waals surface area contributed by atoms with Crippen molar-refractivity contribution >= 4 is 38.1 Å². The van der Waals surface area contributed by atoms with Gasteiger partial charge >= 0.3 is 0 Å². The number of methoxy groups -OCH3 is 1. The SMILES string of the molecule is CCN(CC)c1ccc(N=Nc2nc3ccc(OC)cc3s2)cc1. The highest BCUT2D eigenvalue weighted by molar-refractivity contribution is 7.21. The summed E-state index contributed by atoms with van der Waals surface area (Å²) in [6.45, 7) is 6.29. The minimum Gasteiger partial charge on any atom is -0.497 e. The molecule has 0 amide bonds. The molecule has 0 saturated heterocycles. The molecule has 0 radical (unpaired) electrons. The van der Waals surface area contributed by atoms with Crippen LogP contribution in [0.3, 0.4) is 0 Å². The van der Waals surface area contributed by atoms with Gasteiger partial charge in [0.05, 0.1) is 23.0 Å². The van der Waals surface area contributed by atoms with Gasteiger partial charge in [0.1, 0.15) is 5.75 Å². The van der Waals surface area contributed by atoms with E-state index in [4.69, 9.17) is 4.74 Å². The second kappa shape index (κ2) is 7.40. The minimum absolute atomic E-state index is 0.645. The molecule has 0 unspecified atom stereocenters. The molecule has 0 aliphatic heterocycles. The van der Waals surface area contributed by atoms with Crippen LogP contribution in [0.1, 0.15) is 13.8 Å². The van der Waals surface area contributed by atoms with Gasteiger partial charge in [0, 0.05) is 18.8 Å². The summed E-state index contributed by atoms with van der Waals surface area (Å²) in [6.07, 6.45) is 0. The number of rotatable bonds is 6. The number of hydrogen-bond donors (Lipinski definition) is 0. The summed E-state index contributed by atoms with van der Waals surface area (Å²) in [4.78, 5) is 6.76. The van der Waals surface area contributed by atoms with Crippen molar-refractivity contribution in [2.45, 2.75) is 13.8 Å². The fourth-order valence-corrected chi connectivity index (χ4v) is 3.30. The van der Waals surface area contributed by atoms with E-state index in [2.05, 4.69) is 46.1 Å². The average Bonchev–Trinajstić information content (AvgIpc) is 3.04. The third kappa shape index (κ3) is 3.54. The molecule has 0 saturated carbocycles. The molecule has 124 valence electrons. The van der Waals surface area contributed by atoms with Crippen molar-refractivity contribution in [3.05, 3.63) is 42.5 Å². The second-order valence-corrected chi connectivity index (χ2v) is 6.23. The van der Waals surface area contributed by atoms with Gasteiger partial charge in [0.15, 0.2) is 0 Å². The molecule has 0 N–H and O–H groups in total. The first kappa shape index (κ1) is 16.4. The van der Waals surface area contributed by atoms with Gasteiger partial charge < -0.3 is 9.64 Å². The third-order valence-electron chi connectivity index (χ3n) is 3.81. The molecule has 1 heterocycles. The normalized spacial score (nSPS) is 11.3. The maximum Gasteiger partial charge on any atom is 0.231 e. The van der Waals surface area contributed by atoms with Crippen LogP contribution >= 0.6 is 11.3 Å². The number of hydrogen-bond acceptors (Lipinski definition) is 6. The fourth-order valence-electron chi connectivity index (χ4n) is 2.48. The van der Waals surface area contributed by atoms with E-state index in [1.807, 2.05) is 30.3 Å². The maximum atomic E-state index is 5.23. The quantitative estimate of drug-likeness (QED) is 0.551. The Morgan fingerprint density at radius 1 is 1.04 bits per heavy atom. The van der Waals surface area contributed by atoms with Crippen molar-refractivity contribution in [1.29, 1.82) is 0 Å². The van der Waals surface area contributed by atoms with Gasteiger partial charge in [0.2, 0.25) is 5.13 Å². The van der Waals surface area contributed by atoms with Gasteiger partial charge in [-0.2, -0.15) is 0 Å². The van der Waals surface area contributed by atoms with E-state index in [-0.39, 0.29) is 0 Å². The van der Waals surface area contributed by atoms with Gasteiger partial charge in [-0.1, -0.05) is 11.3 Å². The summed E-state index contributed by atoms with van der Waals surface area (Å²) in [5.74, 6) is 0.821. The molecule has 0 spiro atoms. The number of ether oxygens (including phenoxy) is 1. The van der Waals surface area contributed by atoms with Crippen LogP contribution in [0.4, 0.5) is 16.5 Å². The maximum absolute atomic E-state index is 5.23. The van der Waals surface area contributed by atoms with Gasteiger partial charge in [-0.05, 0) is 56.3 Å². The summed E-state index contributed by atoms with van der Waals surface area (Å²) in [5, 5.41) is 9.20. The van der Waals surface area contributed by atoms with Gasteiger partial charge in [0.25, 0.3) is 0 Å². The molecular weight excluding hydrogens is 320 g/mol. The van der Waals surface area contributed by atoms with Crippen LogP contribution in [0.25, 0.3) is 10.2 Å². The van der Waals surface area contributed by atoms with E-state index < -0.39 is 0 Å². The highest BCUT2D eigenvalue weighted by Crippen LogP contribution is 2.32. The Bertz CT molecular complexity index is 838. The number of azo groups is 1. The molecule has 2 aromatic carbocycles. The van der Waals surface area contributed by atoms with E-state index in [1.165, 1.54) is 17.0 Å². The summed E-state index contributed by atoms with van der Waals surface area (Å²) in [5.41, 5.74) is 2.93. The Balaban J connectivity index is 1.77. The van der Waals surface area contributed by atoms with Crippen molar-refractivity contribution in [3.8, 4) is 5.75 Å². The van der Waals surface area contributed by atoms with Crippen LogP contribution in [0.15, 0.2) is 52.7 Å². The highest BCUT2D eigenvalue weighted by atomic mass is 32.1. The zero-order valence-corrected chi connectivity index (χ0v) is 14.9. The Morgan fingerprint density at radius 2 is 1.79 bits per heavy atom.